The van der Waals surface area contributed by atoms with Crippen molar-refractivity contribution < 1.29 is 0 Å². The molecule has 1 nitrogen and oxygen atoms in total. The van der Waals surface area contributed by atoms with E-state index in [9.17, 15) is 0 Å². The average Bonchev–Trinajstić information content (AvgIpc) is 2.34. The molecule has 0 bridgehead atoms. The van der Waals surface area contributed by atoms with Gasteiger partial charge in [-0.1, -0.05) is 38.0 Å². The molecule has 1 aliphatic carbocycles. The molecule has 0 saturated carbocycles. The van der Waals surface area contributed by atoms with E-state index in [2.05, 4.69) is 54.5 Å². The van der Waals surface area contributed by atoms with Crippen LogP contribution in [0.15, 0.2) is 34.1 Å². The van der Waals surface area contributed by atoms with Gasteiger partial charge in [-0.25, -0.2) is 0 Å². The van der Waals surface area contributed by atoms with E-state index in [1.807, 2.05) is 0 Å². The van der Waals surface area contributed by atoms with Crippen LogP contribution in [0.25, 0.3) is 0 Å². The van der Waals surface area contributed by atoms with E-state index in [4.69, 9.17) is 5.73 Å². The second kappa shape index (κ2) is 4.12. The fourth-order valence-corrected chi connectivity index (χ4v) is 2.06. The van der Waals surface area contributed by atoms with Crippen LogP contribution in [-0.2, 0) is 0 Å². The Balaban J connectivity index is 3.11. The summed E-state index contributed by atoms with van der Waals surface area (Å²) in [6.07, 6.45) is 2.23. The average molecular weight is 219 g/mol. The van der Waals surface area contributed by atoms with Crippen molar-refractivity contribution in [3.8, 4) is 0 Å². The summed E-state index contributed by atoms with van der Waals surface area (Å²) in [7, 11) is 0. The van der Waals surface area contributed by atoms with Gasteiger partial charge in [-0.2, -0.15) is 0 Å². The molecule has 0 radical (unpaired) electrons. The monoisotopic (exact) mass is 219 g/mol. The van der Waals surface area contributed by atoms with Crippen molar-refractivity contribution in [2.45, 2.75) is 48.5 Å². The van der Waals surface area contributed by atoms with Crippen molar-refractivity contribution in [2.24, 2.45) is 17.1 Å². The van der Waals surface area contributed by atoms with Crippen LogP contribution in [0.4, 0.5) is 0 Å². The molecule has 2 N–H and O–H groups in total. The molecule has 0 aromatic rings. The van der Waals surface area contributed by atoms with Gasteiger partial charge in [-0.15, -0.1) is 0 Å². The van der Waals surface area contributed by atoms with Crippen LogP contribution in [0.5, 0.6) is 0 Å². The van der Waals surface area contributed by atoms with Crippen molar-refractivity contribution in [3.05, 3.63) is 34.1 Å². The minimum Gasteiger partial charge on any atom is -0.402 e. The number of hydrogen-bond donors (Lipinski definition) is 1. The van der Waals surface area contributed by atoms with Gasteiger partial charge in [0.2, 0.25) is 0 Å². The molecule has 0 amide bonds. The Morgan fingerprint density at radius 3 is 1.69 bits per heavy atom. The second-order valence-corrected chi connectivity index (χ2v) is 5.97. The quantitative estimate of drug-likeness (QED) is 0.703. The Morgan fingerprint density at radius 1 is 1.00 bits per heavy atom. The molecule has 1 aliphatic rings. The Kier molecular flexibility index (Phi) is 3.37. The Morgan fingerprint density at radius 2 is 1.38 bits per heavy atom. The second-order valence-electron chi connectivity index (χ2n) is 5.97. The molecule has 0 aromatic carbocycles. The van der Waals surface area contributed by atoms with Crippen molar-refractivity contribution in [3.63, 3.8) is 0 Å². The number of hydrogen-bond acceptors (Lipinski definition) is 1. The fraction of sp³-hybridized carbons (Fsp3) is 0.600. The standard InChI is InChI=1S/C15H25N/c1-9-10(2)12(4)13(11(9)3)8-14(16)15(5,6)7/h8,13H,16H2,1-7H3/b14-8-. The highest BCUT2D eigenvalue weighted by molar-refractivity contribution is 5.49. The maximum atomic E-state index is 6.16. The molecule has 1 rings (SSSR count). The summed E-state index contributed by atoms with van der Waals surface area (Å²) in [5, 5.41) is 0. The Bertz CT molecular complexity index is 362. The summed E-state index contributed by atoms with van der Waals surface area (Å²) in [4.78, 5) is 0. The molecule has 0 atom stereocenters. The van der Waals surface area contributed by atoms with Crippen LogP contribution in [0.1, 0.15) is 48.5 Å². The molecule has 0 fully saturated rings. The van der Waals surface area contributed by atoms with Crippen molar-refractivity contribution in [1.82, 2.24) is 0 Å². The van der Waals surface area contributed by atoms with Gasteiger partial charge in [-0.05, 0) is 38.8 Å². The molecule has 0 heterocycles. The first-order chi connectivity index (χ1) is 7.16. The third kappa shape index (κ3) is 2.23. The van der Waals surface area contributed by atoms with Gasteiger partial charge in [0.25, 0.3) is 0 Å². The lowest BCUT2D eigenvalue weighted by atomic mass is 9.87. The first-order valence-electron chi connectivity index (χ1n) is 5.99. The van der Waals surface area contributed by atoms with E-state index < -0.39 is 0 Å². The predicted octanol–water partition coefficient (Wildman–Crippen LogP) is 4.18. The molecule has 0 spiro atoms. The van der Waals surface area contributed by atoms with Crippen molar-refractivity contribution in [2.75, 3.05) is 0 Å². The van der Waals surface area contributed by atoms with Gasteiger partial charge in [0, 0.05) is 17.0 Å². The van der Waals surface area contributed by atoms with Crippen molar-refractivity contribution in [1.29, 1.82) is 0 Å². The van der Waals surface area contributed by atoms with Gasteiger partial charge in [0.05, 0.1) is 0 Å². The fourth-order valence-electron chi connectivity index (χ4n) is 2.06. The van der Waals surface area contributed by atoms with E-state index in [0.717, 1.165) is 5.70 Å². The Hall–Kier alpha value is -0.980. The largest absolute Gasteiger partial charge is 0.402 e. The normalized spacial score (nSPS) is 20.1. The van der Waals surface area contributed by atoms with Crippen LogP contribution in [0.3, 0.4) is 0 Å². The lowest BCUT2D eigenvalue weighted by Crippen LogP contribution is -2.18. The maximum absolute atomic E-state index is 6.16. The zero-order chi connectivity index (χ0) is 12.7. The van der Waals surface area contributed by atoms with Gasteiger partial charge in [0.1, 0.15) is 0 Å². The predicted molar refractivity (Wildman–Crippen MR) is 72.0 cm³/mol. The zero-order valence-corrected chi connectivity index (χ0v) is 11.7. The summed E-state index contributed by atoms with van der Waals surface area (Å²) in [5.41, 5.74) is 13.0. The minimum absolute atomic E-state index is 0.0605. The van der Waals surface area contributed by atoms with E-state index in [1.165, 1.54) is 22.3 Å². The van der Waals surface area contributed by atoms with E-state index >= 15 is 0 Å². The summed E-state index contributed by atoms with van der Waals surface area (Å²) < 4.78 is 0. The molecule has 0 aliphatic heterocycles. The smallest absolute Gasteiger partial charge is 0.0213 e. The summed E-state index contributed by atoms with van der Waals surface area (Å²) >= 11 is 0. The van der Waals surface area contributed by atoms with E-state index in [-0.39, 0.29) is 5.41 Å². The minimum atomic E-state index is 0.0605. The molecule has 90 valence electrons. The molecule has 0 saturated heterocycles. The number of nitrogens with two attached hydrogens (primary N) is 1. The highest BCUT2D eigenvalue weighted by Gasteiger charge is 2.24. The topological polar surface area (TPSA) is 26.0 Å². The van der Waals surface area contributed by atoms with Crippen LogP contribution in [-0.4, -0.2) is 0 Å². The van der Waals surface area contributed by atoms with Crippen LogP contribution in [0.2, 0.25) is 0 Å². The molecular formula is C15H25N. The van der Waals surface area contributed by atoms with Gasteiger partial charge in [0.15, 0.2) is 0 Å². The number of allylic oxidation sites excluding steroid dienone is 6. The van der Waals surface area contributed by atoms with Gasteiger partial charge >= 0.3 is 0 Å². The first-order valence-corrected chi connectivity index (χ1v) is 5.99. The maximum Gasteiger partial charge on any atom is 0.0213 e. The lowest BCUT2D eigenvalue weighted by Gasteiger charge is -2.21. The van der Waals surface area contributed by atoms with Gasteiger partial charge < -0.3 is 5.73 Å². The third-order valence-corrected chi connectivity index (χ3v) is 3.89. The molecular weight excluding hydrogens is 194 g/mol. The van der Waals surface area contributed by atoms with E-state index in [1.54, 1.807) is 0 Å². The SMILES string of the molecule is CC1=C(C)C(/C=C(\N)C(C)(C)C)C(C)=C1C. The number of rotatable bonds is 1. The summed E-state index contributed by atoms with van der Waals surface area (Å²) in [5.74, 6) is 0.416. The zero-order valence-electron chi connectivity index (χ0n) is 11.7. The lowest BCUT2D eigenvalue weighted by molar-refractivity contribution is 0.493. The molecule has 0 aromatic heterocycles. The van der Waals surface area contributed by atoms with Crippen molar-refractivity contribution >= 4 is 0 Å². The molecule has 0 unspecified atom stereocenters. The highest BCUT2D eigenvalue weighted by Crippen LogP contribution is 2.38. The summed E-state index contributed by atoms with van der Waals surface area (Å²) in [6.45, 7) is 15.3. The Labute approximate surface area is 100 Å². The molecule has 1 heteroatoms. The van der Waals surface area contributed by atoms with Crippen LogP contribution >= 0.6 is 0 Å². The highest BCUT2D eigenvalue weighted by atomic mass is 14.6. The van der Waals surface area contributed by atoms with Crippen LogP contribution < -0.4 is 5.73 Å². The van der Waals surface area contributed by atoms with E-state index in [0.29, 0.717) is 5.92 Å². The van der Waals surface area contributed by atoms with Gasteiger partial charge in [-0.3, -0.25) is 0 Å². The molecule has 16 heavy (non-hydrogen) atoms. The first kappa shape index (κ1) is 13.1. The summed E-state index contributed by atoms with van der Waals surface area (Å²) in [6, 6.07) is 0. The van der Waals surface area contributed by atoms with Crippen LogP contribution in [0, 0.1) is 11.3 Å². The third-order valence-electron chi connectivity index (χ3n) is 3.89.